The van der Waals surface area contributed by atoms with Gasteiger partial charge in [0.05, 0.1) is 24.7 Å². The molecule has 2 heterocycles. The van der Waals surface area contributed by atoms with E-state index in [4.69, 9.17) is 8.83 Å². The van der Waals surface area contributed by atoms with Crippen molar-refractivity contribution in [2.75, 3.05) is 18.2 Å². The zero-order chi connectivity index (χ0) is 18.5. The highest BCUT2D eigenvalue weighted by Crippen LogP contribution is 2.23. The number of rotatable bonds is 6. The molecule has 0 atom stereocenters. The number of nitrogens with one attached hydrogen (secondary N) is 1. The predicted octanol–water partition coefficient (Wildman–Crippen LogP) is 2.99. The molecule has 0 unspecified atom stereocenters. The summed E-state index contributed by atoms with van der Waals surface area (Å²) in [7, 11) is 1.14. The molecule has 0 saturated carbocycles. The number of amides is 1. The molecular weight excluding hydrogens is 365 g/mol. The first kappa shape index (κ1) is 17.7. The summed E-state index contributed by atoms with van der Waals surface area (Å²) in [4.78, 5) is 23.5. The molecule has 0 saturated heterocycles. The fourth-order valence-electron chi connectivity index (χ4n) is 1.96. The Kier molecular flexibility index (Phi) is 5.32. The lowest BCUT2D eigenvalue weighted by molar-refractivity contribution is -0.113. The van der Waals surface area contributed by atoms with Crippen LogP contribution in [0.3, 0.4) is 0 Å². The van der Waals surface area contributed by atoms with Crippen molar-refractivity contribution in [2.45, 2.75) is 5.22 Å². The maximum absolute atomic E-state index is 13.6. The number of thioether (sulfide) groups is 1. The second-order valence-corrected chi connectivity index (χ2v) is 5.80. The summed E-state index contributed by atoms with van der Waals surface area (Å²) < 4.78 is 28.6. The van der Waals surface area contributed by atoms with Gasteiger partial charge in [0.2, 0.25) is 5.91 Å². The van der Waals surface area contributed by atoms with E-state index in [1.54, 1.807) is 12.1 Å². The molecule has 2 aromatic heterocycles. The molecular formula is C16H12FN3O5S. The summed E-state index contributed by atoms with van der Waals surface area (Å²) >= 11 is 1.02. The molecule has 0 spiro atoms. The predicted molar refractivity (Wildman–Crippen MR) is 89.1 cm³/mol. The molecule has 0 bridgehead atoms. The number of carbonyl (C=O) groups excluding carboxylic acids is 2. The molecule has 0 aliphatic carbocycles. The van der Waals surface area contributed by atoms with Crippen LogP contribution in [0.2, 0.25) is 0 Å². The van der Waals surface area contributed by atoms with Crippen molar-refractivity contribution in [2.24, 2.45) is 0 Å². The molecule has 0 fully saturated rings. The highest BCUT2D eigenvalue weighted by molar-refractivity contribution is 7.99. The molecule has 0 aliphatic heterocycles. The van der Waals surface area contributed by atoms with E-state index >= 15 is 0 Å². The Balaban J connectivity index is 1.59. The molecule has 0 aliphatic rings. The highest BCUT2D eigenvalue weighted by atomic mass is 32.2. The number of esters is 1. The number of ether oxygens (including phenoxy) is 1. The van der Waals surface area contributed by atoms with Crippen LogP contribution in [0.1, 0.15) is 10.4 Å². The Labute approximate surface area is 150 Å². The summed E-state index contributed by atoms with van der Waals surface area (Å²) in [6.07, 6.45) is 1.48. The van der Waals surface area contributed by atoms with Crippen molar-refractivity contribution in [1.29, 1.82) is 0 Å². The summed E-state index contributed by atoms with van der Waals surface area (Å²) in [5.41, 5.74) is -0.00264. The molecule has 26 heavy (non-hydrogen) atoms. The molecule has 3 aromatic rings. The fourth-order valence-corrected chi connectivity index (χ4v) is 2.52. The van der Waals surface area contributed by atoms with Gasteiger partial charge < -0.3 is 18.9 Å². The quantitative estimate of drug-likeness (QED) is 0.516. The van der Waals surface area contributed by atoms with Gasteiger partial charge in [-0.1, -0.05) is 11.8 Å². The number of benzene rings is 1. The van der Waals surface area contributed by atoms with Crippen molar-refractivity contribution in [3.63, 3.8) is 0 Å². The van der Waals surface area contributed by atoms with Gasteiger partial charge in [0.1, 0.15) is 5.82 Å². The van der Waals surface area contributed by atoms with Crippen molar-refractivity contribution >= 4 is 29.3 Å². The molecule has 1 amide bonds. The Morgan fingerprint density at radius 2 is 2.15 bits per heavy atom. The van der Waals surface area contributed by atoms with E-state index in [2.05, 4.69) is 20.3 Å². The van der Waals surface area contributed by atoms with Gasteiger partial charge in [-0.3, -0.25) is 4.79 Å². The minimum Gasteiger partial charge on any atom is -0.465 e. The topological polar surface area (TPSA) is 107 Å². The zero-order valence-electron chi connectivity index (χ0n) is 13.4. The maximum Gasteiger partial charge on any atom is 0.340 e. The van der Waals surface area contributed by atoms with Crippen LogP contribution in [0.25, 0.3) is 11.7 Å². The number of furan rings is 1. The largest absolute Gasteiger partial charge is 0.465 e. The average molecular weight is 377 g/mol. The van der Waals surface area contributed by atoms with Gasteiger partial charge in [-0.2, -0.15) is 0 Å². The third-order valence-electron chi connectivity index (χ3n) is 3.12. The van der Waals surface area contributed by atoms with Crippen LogP contribution < -0.4 is 5.32 Å². The first-order valence-corrected chi connectivity index (χ1v) is 8.23. The van der Waals surface area contributed by atoms with Crippen LogP contribution in [-0.4, -0.2) is 34.9 Å². The van der Waals surface area contributed by atoms with Crippen LogP contribution in [0.5, 0.6) is 0 Å². The Morgan fingerprint density at radius 1 is 1.31 bits per heavy atom. The first-order valence-electron chi connectivity index (χ1n) is 7.24. The molecule has 10 heteroatoms. The lowest BCUT2D eigenvalue weighted by Crippen LogP contribution is -2.15. The minimum absolute atomic E-state index is 0.0231. The number of halogens is 1. The van der Waals surface area contributed by atoms with Crippen molar-refractivity contribution in [3.8, 4) is 11.7 Å². The Bertz CT molecular complexity index is 926. The molecule has 1 aromatic carbocycles. The van der Waals surface area contributed by atoms with Gasteiger partial charge in [-0.15, -0.1) is 10.2 Å². The maximum atomic E-state index is 13.6. The summed E-state index contributed by atoms with van der Waals surface area (Å²) in [5, 5.41) is 10.4. The van der Waals surface area contributed by atoms with Gasteiger partial charge in [-0.25, -0.2) is 9.18 Å². The van der Waals surface area contributed by atoms with E-state index in [9.17, 15) is 14.0 Å². The lowest BCUT2D eigenvalue weighted by Gasteiger charge is -2.07. The first-order chi connectivity index (χ1) is 12.6. The highest BCUT2D eigenvalue weighted by Gasteiger charge is 2.15. The summed E-state index contributed by atoms with van der Waals surface area (Å²) in [6, 6.07) is 6.97. The third kappa shape index (κ3) is 4.09. The molecule has 3 rings (SSSR count). The Morgan fingerprint density at radius 3 is 2.88 bits per heavy atom. The number of hydrogen-bond donors (Lipinski definition) is 1. The van der Waals surface area contributed by atoms with Crippen molar-refractivity contribution in [3.05, 3.63) is 48.0 Å². The lowest BCUT2D eigenvalue weighted by atomic mass is 10.2. The smallest absolute Gasteiger partial charge is 0.340 e. The Hall–Kier alpha value is -3.14. The van der Waals surface area contributed by atoms with Gasteiger partial charge in [0.25, 0.3) is 11.1 Å². The van der Waals surface area contributed by atoms with E-state index in [1.807, 2.05) is 0 Å². The van der Waals surface area contributed by atoms with Gasteiger partial charge in [-0.05, 0) is 30.3 Å². The third-order valence-corrected chi connectivity index (χ3v) is 3.94. The number of hydrogen-bond acceptors (Lipinski definition) is 8. The van der Waals surface area contributed by atoms with Crippen LogP contribution in [0.15, 0.2) is 50.7 Å². The second-order valence-electron chi connectivity index (χ2n) is 4.87. The van der Waals surface area contributed by atoms with Crippen LogP contribution in [0, 0.1) is 5.82 Å². The minimum atomic E-state index is -0.829. The summed E-state index contributed by atoms with van der Waals surface area (Å²) in [6.45, 7) is 0. The van der Waals surface area contributed by atoms with E-state index in [1.165, 1.54) is 18.4 Å². The number of carbonyl (C=O) groups is 2. The molecule has 1 N–H and O–H groups in total. The number of aromatic nitrogens is 2. The standard InChI is InChI=1S/C16H12FN3O5S/c1-23-15(22)10-7-9(4-5-11(10)17)18-13(21)8-26-16-20-19-14(25-16)12-3-2-6-24-12/h2-7H,8H2,1H3,(H,18,21). The van der Waals surface area contributed by atoms with Crippen molar-refractivity contribution in [1.82, 2.24) is 10.2 Å². The second kappa shape index (κ2) is 7.83. The van der Waals surface area contributed by atoms with Gasteiger partial charge in [0, 0.05) is 5.69 Å². The van der Waals surface area contributed by atoms with E-state index in [0.717, 1.165) is 24.9 Å². The average Bonchev–Trinajstić information content (AvgIpc) is 3.32. The number of anilines is 1. The molecule has 134 valence electrons. The van der Waals surface area contributed by atoms with E-state index in [0.29, 0.717) is 5.76 Å². The van der Waals surface area contributed by atoms with Gasteiger partial charge in [0.15, 0.2) is 5.76 Å². The molecule has 8 nitrogen and oxygen atoms in total. The zero-order valence-corrected chi connectivity index (χ0v) is 14.2. The van der Waals surface area contributed by atoms with E-state index in [-0.39, 0.29) is 28.1 Å². The normalized spacial score (nSPS) is 10.5. The van der Waals surface area contributed by atoms with Crippen LogP contribution in [-0.2, 0) is 9.53 Å². The summed E-state index contributed by atoms with van der Waals surface area (Å²) in [5.74, 6) is -1.35. The number of nitrogens with zero attached hydrogens (tertiary/aromatic N) is 2. The SMILES string of the molecule is COC(=O)c1cc(NC(=O)CSc2nnc(-c3ccco3)o2)ccc1F. The fraction of sp³-hybridized carbons (Fsp3) is 0.125. The monoisotopic (exact) mass is 377 g/mol. The number of methoxy groups -OCH3 is 1. The van der Waals surface area contributed by atoms with E-state index < -0.39 is 17.7 Å². The van der Waals surface area contributed by atoms with Crippen molar-refractivity contribution < 1.29 is 27.6 Å². The molecule has 0 radical (unpaired) electrons. The van der Waals surface area contributed by atoms with Gasteiger partial charge >= 0.3 is 5.97 Å². The van der Waals surface area contributed by atoms with Crippen LogP contribution in [0.4, 0.5) is 10.1 Å². The van der Waals surface area contributed by atoms with Crippen LogP contribution >= 0.6 is 11.8 Å².